The van der Waals surface area contributed by atoms with Gasteiger partial charge in [0, 0.05) is 17.5 Å². The van der Waals surface area contributed by atoms with Crippen LogP contribution in [-0.4, -0.2) is 33.4 Å². The van der Waals surface area contributed by atoms with E-state index in [4.69, 9.17) is 16.3 Å². The van der Waals surface area contributed by atoms with Gasteiger partial charge < -0.3 is 10.1 Å². The Morgan fingerprint density at radius 1 is 1.21 bits per heavy atom. The highest BCUT2D eigenvalue weighted by molar-refractivity contribution is 6.21. The van der Waals surface area contributed by atoms with Crippen LogP contribution in [0.2, 0.25) is 0 Å². The van der Waals surface area contributed by atoms with Gasteiger partial charge in [-0.15, -0.1) is 21.8 Å². The van der Waals surface area contributed by atoms with E-state index in [2.05, 4.69) is 15.5 Å². The lowest BCUT2D eigenvalue weighted by Gasteiger charge is -2.05. The Morgan fingerprint density at radius 2 is 1.92 bits per heavy atom. The molecule has 2 aromatic carbocycles. The molecule has 0 fully saturated rings. The van der Waals surface area contributed by atoms with Crippen molar-refractivity contribution in [2.24, 2.45) is 0 Å². The number of carbonyl (C=O) groups excluding carboxylic acids is 1. The summed E-state index contributed by atoms with van der Waals surface area (Å²) >= 11 is 5.83. The molecule has 1 atom stereocenters. The Kier molecular flexibility index (Phi) is 4.66. The van der Waals surface area contributed by atoms with Crippen molar-refractivity contribution in [3.63, 3.8) is 0 Å². The molecule has 1 amide bonds. The fourth-order valence-corrected chi connectivity index (χ4v) is 2.43. The van der Waals surface area contributed by atoms with Gasteiger partial charge in [-0.05, 0) is 49.4 Å². The molecular formula is C17H17ClN4O2. The summed E-state index contributed by atoms with van der Waals surface area (Å²) < 4.78 is 5.14. The molecule has 0 aliphatic rings. The second-order valence-corrected chi connectivity index (χ2v) is 6.17. The van der Waals surface area contributed by atoms with Gasteiger partial charge in [0.15, 0.2) is 0 Å². The Bertz CT molecular complexity index is 859. The summed E-state index contributed by atoms with van der Waals surface area (Å²) in [7, 11) is 1.62. The minimum absolute atomic E-state index is 0.126. The molecule has 1 unspecified atom stereocenters. The van der Waals surface area contributed by atoms with Crippen LogP contribution < -0.4 is 10.1 Å². The predicted octanol–water partition coefficient (Wildman–Crippen LogP) is 3.39. The standard InChI is InChI=1S/C17H17ClN4O2/c1-11(18)9-17(23)19-12-3-8-15-16(10-12)21-22(20-15)13-4-6-14(24-2)7-5-13/h3-8,10-11H,9H2,1-2H3,(H,19,23). The van der Waals surface area contributed by atoms with Crippen LogP contribution in [-0.2, 0) is 4.79 Å². The number of halogens is 1. The summed E-state index contributed by atoms with van der Waals surface area (Å²) in [6.45, 7) is 1.78. The van der Waals surface area contributed by atoms with Crippen LogP contribution in [0.4, 0.5) is 5.69 Å². The molecule has 0 spiro atoms. The molecule has 1 N–H and O–H groups in total. The van der Waals surface area contributed by atoms with Crippen LogP contribution in [0.5, 0.6) is 5.75 Å². The van der Waals surface area contributed by atoms with Crippen molar-refractivity contribution >= 4 is 34.2 Å². The van der Waals surface area contributed by atoms with E-state index in [1.165, 1.54) is 0 Å². The maximum atomic E-state index is 11.8. The maximum Gasteiger partial charge on any atom is 0.225 e. The Hall–Kier alpha value is -2.60. The Balaban J connectivity index is 1.84. The van der Waals surface area contributed by atoms with Gasteiger partial charge in [-0.3, -0.25) is 4.79 Å². The van der Waals surface area contributed by atoms with Gasteiger partial charge in [-0.25, -0.2) is 0 Å². The third-order valence-corrected chi connectivity index (χ3v) is 3.59. The fourth-order valence-electron chi connectivity index (χ4n) is 2.29. The molecule has 0 bridgehead atoms. The average Bonchev–Trinajstić information content (AvgIpc) is 2.97. The van der Waals surface area contributed by atoms with E-state index in [0.717, 1.165) is 17.0 Å². The van der Waals surface area contributed by atoms with Gasteiger partial charge >= 0.3 is 0 Å². The number of hydrogen-bond donors (Lipinski definition) is 1. The number of alkyl halides is 1. The molecule has 3 aromatic rings. The maximum absolute atomic E-state index is 11.8. The van der Waals surface area contributed by atoms with Crippen molar-refractivity contribution < 1.29 is 9.53 Å². The van der Waals surface area contributed by atoms with E-state index in [0.29, 0.717) is 11.2 Å². The molecule has 0 saturated heterocycles. The molecular weight excluding hydrogens is 328 g/mol. The number of ether oxygens (including phenoxy) is 1. The lowest BCUT2D eigenvalue weighted by Crippen LogP contribution is -2.14. The smallest absolute Gasteiger partial charge is 0.225 e. The van der Waals surface area contributed by atoms with Crippen LogP contribution >= 0.6 is 11.6 Å². The fraction of sp³-hybridized carbons (Fsp3) is 0.235. The zero-order valence-electron chi connectivity index (χ0n) is 13.4. The molecule has 0 radical (unpaired) electrons. The first-order valence-electron chi connectivity index (χ1n) is 7.50. The zero-order chi connectivity index (χ0) is 17.1. The second-order valence-electron chi connectivity index (χ2n) is 5.42. The van der Waals surface area contributed by atoms with Crippen LogP contribution in [0.25, 0.3) is 16.7 Å². The highest BCUT2D eigenvalue weighted by Gasteiger charge is 2.09. The molecule has 1 aromatic heterocycles. The number of rotatable bonds is 5. The van der Waals surface area contributed by atoms with Gasteiger partial charge in [0.25, 0.3) is 0 Å². The van der Waals surface area contributed by atoms with Gasteiger partial charge in [-0.2, -0.15) is 4.80 Å². The molecule has 3 rings (SSSR count). The number of hydrogen-bond acceptors (Lipinski definition) is 4. The van der Waals surface area contributed by atoms with E-state index in [1.807, 2.05) is 30.3 Å². The van der Waals surface area contributed by atoms with Crippen molar-refractivity contribution in [3.05, 3.63) is 42.5 Å². The van der Waals surface area contributed by atoms with Crippen molar-refractivity contribution in [1.29, 1.82) is 0 Å². The van der Waals surface area contributed by atoms with E-state index >= 15 is 0 Å². The summed E-state index contributed by atoms with van der Waals surface area (Å²) in [4.78, 5) is 13.3. The molecule has 0 aliphatic carbocycles. The number of nitrogens with zero attached hydrogens (tertiary/aromatic N) is 3. The topological polar surface area (TPSA) is 69.0 Å². The number of amides is 1. The molecule has 24 heavy (non-hydrogen) atoms. The Morgan fingerprint density at radius 3 is 2.58 bits per heavy atom. The SMILES string of the molecule is COc1ccc(-n2nc3ccc(NC(=O)CC(C)Cl)cc3n2)cc1. The average molecular weight is 345 g/mol. The van der Waals surface area contributed by atoms with Crippen LogP contribution in [0.3, 0.4) is 0 Å². The number of aromatic nitrogens is 3. The van der Waals surface area contributed by atoms with Crippen molar-refractivity contribution in [2.45, 2.75) is 18.7 Å². The summed E-state index contributed by atoms with van der Waals surface area (Å²) in [6, 6.07) is 12.9. The summed E-state index contributed by atoms with van der Waals surface area (Å²) in [5.74, 6) is 0.647. The normalized spacial score (nSPS) is 12.1. The molecule has 0 saturated carbocycles. The lowest BCUT2D eigenvalue weighted by molar-refractivity contribution is -0.116. The van der Waals surface area contributed by atoms with E-state index in [1.54, 1.807) is 31.0 Å². The van der Waals surface area contributed by atoms with E-state index in [9.17, 15) is 4.79 Å². The third-order valence-electron chi connectivity index (χ3n) is 3.43. The largest absolute Gasteiger partial charge is 0.497 e. The molecule has 1 heterocycles. The number of fused-ring (bicyclic) bond motifs is 1. The second kappa shape index (κ2) is 6.88. The third kappa shape index (κ3) is 3.65. The highest BCUT2D eigenvalue weighted by atomic mass is 35.5. The molecule has 124 valence electrons. The minimum Gasteiger partial charge on any atom is -0.497 e. The van der Waals surface area contributed by atoms with Crippen LogP contribution in [0, 0.1) is 0 Å². The lowest BCUT2D eigenvalue weighted by atomic mass is 10.2. The number of benzene rings is 2. The minimum atomic E-state index is -0.204. The monoisotopic (exact) mass is 344 g/mol. The summed E-state index contributed by atoms with van der Waals surface area (Å²) in [5, 5.41) is 11.5. The summed E-state index contributed by atoms with van der Waals surface area (Å²) in [5.41, 5.74) is 2.94. The van der Waals surface area contributed by atoms with Gasteiger partial charge in [0.1, 0.15) is 16.8 Å². The number of nitrogens with one attached hydrogen (secondary N) is 1. The van der Waals surface area contributed by atoms with Crippen molar-refractivity contribution in [2.75, 3.05) is 12.4 Å². The van der Waals surface area contributed by atoms with Crippen molar-refractivity contribution in [3.8, 4) is 11.4 Å². The van der Waals surface area contributed by atoms with Crippen LogP contribution in [0.15, 0.2) is 42.5 Å². The predicted molar refractivity (Wildman–Crippen MR) is 94.0 cm³/mol. The highest BCUT2D eigenvalue weighted by Crippen LogP contribution is 2.19. The Labute approximate surface area is 144 Å². The first-order chi connectivity index (χ1) is 11.5. The first-order valence-corrected chi connectivity index (χ1v) is 7.94. The first kappa shape index (κ1) is 16.3. The molecule has 6 nitrogen and oxygen atoms in total. The van der Waals surface area contributed by atoms with E-state index in [-0.39, 0.29) is 17.7 Å². The number of carbonyl (C=O) groups is 1. The van der Waals surface area contributed by atoms with E-state index < -0.39 is 0 Å². The van der Waals surface area contributed by atoms with Crippen molar-refractivity contribution in [1.82, 2.24) is 15.0 Å². The number of anilines is 1. The van der Waals surface area contributed by atoms with Gasteiger partial charge in [-0.1, -0.05) is 0 Å². The molecule has 0 aliphatic heterocycles. The van der Waals surface area contributed by atoms with Crippen LogP contribution in [0.1, 0.15) is 13.3 Å². The molecule has 7 heteroatoms. The van der Waals surface area contributed by atoms with Gasteiger partial charge in [0.05, 0.1) is 12.8 Å². The van der Waals surface area contributed by atoms with Gasteiger partial charge in [0.2, 0.25) is 5.91 Å². The number of methoxy groups -OCH3 is 1. The summed E-state index contributed by atoms with van der Waals surface area (Å²) in [6.07, 6.45) is 0.262. The quantitative estimate of drug-likeness (QED) is 0.720. The zero-order valence-corrected chi connectivity index (χ0v) is 14.1.